The van der Waals surface area contributed by atoms with Crippen molar-refractivity contribution in [2.75, 3.05) is 18.1 Å². The zero-order valence-corrected chi connectivity index (χ0v) is 11.4. The molecular weight excluding hydrogens is 256 g/mol. The summed E-state index contributed by atoms with van der Waals surface area (Å²) in [7, 11) is 0. The summed E-state index contributed by atoms with van der Waals surface area (Å²) in [5.74, 6) is 0.269. The van der Waals surface area contributed by atoms with E-state index in [1.165, 1.54) is 12.1 Å². The number of hydrogen-bond acceptors (Lipinski definition) is 5. The van der Waals surface area contributed by atoms with Crippen molar-refractivity contribution in [1.29, 1.82) is 0 Å². The predicted molar refractivity (Wildman–Crippen MR) is 80.6 cm³/mol. The molecule has 0 aromatic heterocycles. The smallest absolute Gasteiger partial charge is 0.122 e. The van der Waals surface area contributed by atoms with E-state index < -0.39 is 0 Å². The molecule has 0 bridgehead atoms. The van der Waals surface area contributed by atoms with Crippen molar-refractivity contribution in [3.05, 3.63) is 47.5 Å². The lowest BCUT2D eigenvalue weighted by Gasteiger charge is -2.03. The number of aliphatic hydroxyl groups excluding tert-OH is 1. The number of aliphatic hydroxyl groups is 1. The van der Waals surface area contributed by atoms with Gasteiger partial charge in [0.25, 0.3) is 0 Å². The molecule has 5 nitrogen and oxygen atoms in total. The standard InChI is InChI=1S/C8H12N2O.C7H8O2/c9-7-1-2-8(10)6(5-7)3-4-11;1-5-6(8)3-2-4-7(5)9/h1-2,5,11H,3-4,9-10H2;2-4,8-9H,1H3. The Labute approximate surface area is 118 Å². The van der Waals surface area contributed by atoms with Crippen LogP contribution in [0, 0.1) is 6.92 Å². The van der Waals surface area contributed by atoms with Gasteiger partial charge in [0.1, 0.15) is 11.5 Å². The van der Waals surface area contributed by atoms with Crippen molar-refractivity contribution >= 4 is 11.4 Å². The summed E-state index contributed by atoms with van der Waals surface area (Å²) in [6, 6.07) is 9.95. The van der Waals surface area contributed by atoms with Crippen LogP contribution in [0.3, 0.4) is 0 Å². The topological polar surface area (TPSA) is 113 Å². The Bertz CT molecular complexity index is 551. The van der Waals surface area contributed by atoms with E-state index in [2.05, 4.69) is 0 Å². The summed E-state index contributed by atoms with van der Waals surface area (Å²) in [6.07, 6.45) is 0.566. The van der Waals surface area contributed by atoms with Crippen LogP contribution in [0.1, 0.15) is 11.1 Å². The molecule has 2 aromatic rings. The molecular formula is C15H20N2O3. The summed E-state index contributed by atoms with van der Waals surface area (Å²) in [5.41, 5.74) is 13.9. The molecule has 0 radical (unpaired) electrons. The van der Waals surface area contributed by atoms with Crippen LogP contribution in [0.15, 0.2) is 36.4 Å². The fraction of sp³-hybridized carbons (Fsp3) is 0.200. The van der Waals surface area contributed by atoms with Gasteiger partial charge in [0, 0.05) is 23.5 Å². The maximum atomic E-state index is 8.94. The molecule has 0 aliphatic heterocycles. The average Bonchev–Trinajstić information content (AvgIpc) is 2.41. The van der Waals surface area contributed by atoms with Crippen molar-refractivity contribution in [3.8, 4) is 11.5 Å². The number of nitrogens with two attached hydrogens (primary N) is 2. The zero-order valence-electron chi connectivity index (χ0n) is 11.4. The molecule has 0 spiro atoms. The van der Waals surface area contributed by atoms with Gasteiger partial charge < -0.3 is 26.8 Å². The first-order chi connectivity index (χ1) is 9.45. The normalized spacial score (nSPS) is 9.70. The molecule has 0 unspecified atom stereocenters. The highest BCUT2D eigenvalue weighted by molar-refractivity contribution is 5.55. The summed E-state index contributed by atoms with van der Waals surface area (Å²) in [5, 5.41) is 26.5. The van der Waals surface area contributed by atoms with Gasteiger partial charge in [-0.05, 0) is 49.2 Å². The number of phenolic OH excluding ortho intramolecular Hbond substituents is 2. The Morgan fingerprint density at radius 1 is 1.00 bits per heavy atom. The van der Waals surface area contributed by atoms with E-state index in [-0.39, 0.29) is 18.1 Å². The number of nitrogen functional groups attached to an aromatic ring is 2. The fourth-order valence-electron chi connectivity index (χ4n) is 1.57. The van der Waals surface area contributed by atoms with Crippen molar-refractivity contribution < 1.29 is 15.3 Å². The van der Waals surface area contributed by atoms with E-state index >= 15 is 0 Å². The summed E-state index contributed by atoms with van der Waals surface area (Å²) >= 11 is 0. The molecule has 2 aromatic carbocycles. The first-order valence-corrected chi connectivity index (χ1v) is 6.18. The minimum absolute atomic E-state index is 0.105. The Morgan fingerprint density at radius 3 is 2.10 bits per heavy atom. The third kappa shape index (κ3) is 4.37. The molecule has 0 atom stereocenters. The lowest BCUT2D eigenvalue weighted by molar-refractivity contribution is 0.300. The predicted octanol–water partition coefficient (Wildman–Crippen LogP) is 1.79. The number of rotatable bonds is 2. The van der Waals surface area contributed by atoms with E-state index in [9.17, 15) is 0 Å². The Balaban J connectivity index is 0.000000204. The Morgan fingerprint density at radius 2 is 1.60 bits per heavy atom. The van der Waals surface area contributed by atoms with Crippen LogP contribution in [0.2, 0.25) is 0 Å². The molecule has 0 aliphatic rings. The quantitative estimate of drug-likeness (QED) is 0.537. The van der Waals surface area contributed by atoms with Gasteiger partial charge in [0.05, 0.1) is 0 Å². The van der Waals surface area contributed by atoms with Gasteiger partial charge in [-0.3, -0.25) is 0 Å². The molecule has 0 fully saturated rings. The molecule has 0 heterocycles. The van der Waals surface area contributed by atoms with E-state index in [0.717, 1.165) is 5.56 Å². The highest BCUT2D eigenvalue weighted by Crippen LogP contribution is 2.23. The Hall–Kier alpha value is -2.40. The maximum Gasteiger partial charge on any atom is 0.122 e. The first-order valence-electron chi connectivity index (χ1n) is 6.18. The maximum absolute atomic E-state index is 8.94. The summed E-state index contributed by atoms with van der Waals surface area (Å²) in [4.78, 5) is 0. The van der Waals surface area contributed by atoms with Crippen molar-refractivity contribution in [2.45, 2.75) is 13.3 Å². The second-order valence-corrected chi connectivity index (χ2v) is 4.35. The molecule has 0 saturated carbocycles. The highest BCUT2D eigenvalue weighted by atomic mass is 16.3. The molecule has 5 heteroatoms. The van der Waals surface area contributed by atoms with Crippen molar-refractivity contribution in [1.82, 2.24) is 0 Å². The largest absolute Gasteiger partial charge is 0.508 e. The molecule has 0 aliphatic carbocycles. The van der Waals surface area contributed by atoms with Crippen LogP contribution < -0.4 is 11.5 Å². The second-order valence-electron chi connectivity index (χ2n) is 4.35. The van der Waals surface area contributed by atoms with Crippen LogP contribution in [-0.4, -0.2) is 21.9 Å². The van der Waals surface area contributed by atoms with Crippen LogP contribution in [0.25, 0.3) is 0 Å². The first kappa shape index (κ1) is 15.7. The third-order valence-corrected chi connectivity index (χ3v) is 2.82. The lowest BCUT2D eigenvalue weighted by atomic mass is 10.1. The fourth-order valence-corrected chi connectivity index (χ4v) is 1.57. The second kappa shape index (κ2) is 7.25. The number of benzene rings is 2. The molecule has 2 rings (SSSR count). The summed E-state index contributed by atoms with van der Waals surface area (Å²) < 4.78 is 0. The van der Waals surface area contributed by atoms with E-state index in [1.54, 1.807) is 31.2 Å². The summed E-state index contributed by atoms with van der Waals surface area (Å²) in [6.45, 7) is 1.76. The van der Waals surface area contributed by atoms with Gasteiger partial charge in [0.2, 0.25) is 0 Å². The third-order valence-electron chi connectivity index (χ3n) is 2.82. The van der Waals surface area contributed by atoms with Crippen LogP contribution >= 0.6 is 0 Å². The van der Waals surface area contributed by atoms with E-state index in [4.69, 9.17) is 26.8 Å². The van der Waals surface area contributed by atoms with Crippen molar-refractivity contribution in [3.63, 3.8) is 0 Å². The molecule has 7 N–H and O–H groups in total. The van der Waals surface area contributed by atoms with Gasteiger partial charge in [0.15, 0.2) is 0 Å². The Kier molecular flexibility index (Phi) is 5.68. The van der Waals surface area contributed by atoms with Crippen molar-refractivity contribution in [2.24, 2.45) is 0 Å². The minimum atomic E-state index is 0.105. The molecule has 0 amide bonds. The van der Waals surface area contributed by atoms with Gasteiger partial charge >= 0.3 is 0 Å². The number of phenols is 2. The monoisotopic (exact) mass is 276 g/mol. The van der Waals surface area contributed by atoms with Crippen LogP contribution in [0.5, 0.6) is 11.5 Å². The van der Waals surface area contributed by atoms with Gasteiger partial charge in [-0.25, -0.2) is 0 Å². The number of aromatic hydroxyl groups is 2. The van der Waals surface area contributed by atoms with Crippen LogP contribution in [0.4, 0.5) is 11.4 Å². The number of hydrogen-bond donors (Lipinski definition) is 5. The van der Waals surface area contributed by atoms with E-state index in [0.29, 0.717) is 23.4 Å². The highest BCUT2D eigenvalue weighted by Gasteiger charge is 1.98. The van der Waals surface area contributed by atoms with Gasteiger partial charge in [-0.15, -0.1) is 0 Å². The lowest BCUT2D eigenvalue weighted by Crippen LogP contribution is -1.98. The minimum Gasteiger partial charge on any atom is -0.508 e. The number of anilines is 2. The molecule has 108 valence electrons. The van der Waals surface area contributed by atoms with Gasteiger partial charge in [-0.2, -0.15) is 0 Å². The van der Waals surface area contributed by atoms with E-state index in [1.807, 2.05) is 0 Å². The van der Waals surface area contributed by atoms with Crippen LogP contribution in [-0.2, 0) is 6.42 Å². The molecule has 20 heavy (non-hydrogen) atoms. The average molecular weight is 276 g/mol. The van der Waals surface area contributed by atoms with Gasteiger partial charge in [-0.1, -0.05) is 6.07 Å². The zero-order chi connectivity index (χ0) is 15.1. The SMILES string of the molecule is Cc1c(O)cccc1O.Nc1ccc(N)c(CCO)c1. The molecule has 0 saturated heterocycles.